The summed E-state index contributed by atoms with van der Waals surface area (Å²) in [5, 5.41) is 0. The Morgan fingerprint density at radius 3 is 2.68 bits per heavy atom. The van der Waals surface area contributed by atoms with Crippen LogP contribution in [0.2, 0.25) is 0 Å². The molecule has 3 heteroatoms. The molecule has 0 aromatic heterocycles. The van der Waals surface area contributed by atoms with E-state index >= 15 is 0 Å². The number of hydrogen-bond donors (Lipinski definition) is 1. The zero-order chi connectivity index (χ0) is 13.8. The largest absolute Gasteiger partial charge is 0.457 e. The van der Waals surface area contributed by atoms with E-state index in [1.807, 2.05) is 31.2 Å². The van der Waals surface area contributed by atoms with E-state index in [1.54, 1.807) is 6.07 Å². The van der Waals surface area contributed by atoms with Gasteiger partial charge in [-0.3, -0.25) is 0 Å². The van der Waals surface area contributed by atoms with Gasteiger partial charge in [0.25, 0.3) is 0 Å². The van der Waals surface area contributed by atoms with E-state index in [0.29, 0.717) is 11.3 Å². The lowest BCUT2D eigenvalue weighted by Gasteiger charge is -2.14. The standard InChI is InChI=1S/C16H18FNO/c1-3-12-5-4-6-14(9-12)19-16-8-7-13(17)10-15(16)11(2)18/h4-11H,3,18H2,1-2H3. The molecule has 1 atom stereocenters. The van der Waals surface area contributed by atoms with Crippen molar-refractivity contribution in [1.82, 2.24) is 0 Å². The summed E-state index contributed by atoms with van der Waals surface area (Å²) in [6, 6.07) is 12.0. The van der Waals surface area contributed by atoms with Gasteiger partial charge in [-0.2, -0.15) is 0 Å². The number of ether oxygens (including phenoxy) is 1. The van der Waals surface area contributed by atoms with Crippen molar-refractivity contribution in [3.63, 3.8) is 0 Å². The van der Waals surface area contributed by atoms with Gasteiger partial charge in [0.15, 0.2) is 0 Å². The Hall–Kier alpha value is -1.87. The normalized spacial score (nSPS) is 12.2. The lowest BCUT2D eigenvalue weighted by atomic mass is 10.1. The monoisotopic (exact) mass is 259 g/mol. The third kappa shape index (κ3) is 3.32. The summed E-state index contributed by atoms with van der Waals surface area (Å²) in [7, 11) is 0. The minimum atomic E-state index is -0.304. The molecule has 2 nitrogen and oxygen atoms in total. The second-order valence-electron chi connectivity index (χ2n) is 4.57. The zero-order valence-electron chi connectivity index (χ0n) is 11.2. The van der Waals surface area contributed by atoms with E-state index in [1.165, 1.54) is 17.7 Å². The Morgan fingerprint density at radius 2 is 2.00 bits per heavy atom. The van der Waals surface area contributed by atoms with E-state index in [9.17, 15) is 4.39 Å². The number of aryl methyl sites for hydroxylation is 1. The highest BCUT2D eigenvalue weighted by Gasteiger charge is 2.10. The number of halogens is 1. The second-order valence-corrected chi connectivity index (χ2v) is 4.57. The molecule has 2 N–H and O–H groups in total. The van der Waals surface area contributed by atoms with Crippen LogP contribution in [0.25, 0.3) is 0 Å². The smallest absolute Gasteiger partial charge is 0.132 e. The van der Waals surface area contributed by atoms with Gasteiger partial charge in [0.05, 0.1) is 0 Å². The highest BCUT2D eigenvalue weighted by Crippen LogP contribution is 2.29. The van der Waals surface area contributed by atoms with E-state index in [0.717, 1.165) is 12.2 Å². The maximum absolute atomic E-state index is 13.3. The van der Waals surface area contributed by atoms with Crippen molar-refractivity contribution in [2.45, 2.75) is 26.3 Å². The summed E-state index contributed by atoms with van der Waals surface area (Å²) >= 11 is 0. The molecule has 0 radical (unpaired) electrons. The molecule has 19 heavy (non-hydrogen) atoms. The summed E-state index contributed by atoms with van der Waals surface area (Å²) < 4.78 is 19.1. The second kappa shape index (κ2) is 5.85. The van der Waals surface area contributed by atoms with Crippen molar-refractivity contribution in [3.8, 4) is 11.5 Å². The molecular weight excluding hydrogens is 241 g/mol. The molecule has 0 heterocycles. The fourth-order valence-corrected chi connectivity index (χ4v) is 1.92. The number of benzene rings is 2. The van der Waals surface area contributed by atoms with Crippen LogP contribution in [0.5, 0.6) is 11.5 Å². The third-order valence-electron chi connectivity index (χ3n) is 3.00. The quantitative estimate of drug-likeness (QED) is 0.893. The number of hydrogen-bond acceptors (Lipinski definition) is 2. The van der Waals surface area contributed by atoms with E-state index in [2.05, 4.69) is 6.92 Å². The van der Waals surface area contributed by atoms with Crippen molar-refractivity contribution in [1.29, 1.82) is 0 Å². The van der Waals surface area contributed by atoms with Gasteiger partial charge in [0.2, 0.25) is 0 Å². The van der Waals surface area contributed by atoms with Crippen LogP contribution in [0.15, 0.2) is 42.5 Å². The van der Waals surface area contributed by atoms with Crippen LogP contribution >= 0.6 is 0 Å². The third-order valence-corrected chi connectivity index (χ3v) is 3.00. The van der Waals surface area contributed by atoms with E-state index in [-0.39, 0.29) is 11.9 Å². The van der Waals surface area contributed by atoms with Crippen LogP contribution < -0.4 is 10.5 Å². The van der Waals surface area contributed by atoms with Crippen LogP contribution in [-0.4, -0.2) is 0 Å². The molecule has 0 saturated heterocycles. The summed E-state index contributed by atoms with van der Waals surface area (Å²) in [5.74, 6) is 1.04. The predicted octanol–water partition coefficient (Wildman–Crippen LogP) is 4.20. The lowest BCUT2D eigenvalue weighted by Crippen LogP contribution is -2.07. The van der Waals surface area contributed by atoms with Gasteiger partial charge in [0, 0.05) is 11.6 Å². The SMILES string of the molecule is CCc1cccc(Oc2ccc(F)cc2C(C)N)c1. The molecule has 0 aliphatic carbocycles. The molecule has 0 bridgehead atoms. The van der Waals surface area contributed by atoms with Crippen LogP contribution in [0, 0.1) is 5.82 Å². The fraction of sp³-hybridized carbons (Fsp3) is 0.250. The first kappa shape index (κ1) is 13.6. The number of nitrogens with two attached hydrogens (primary N) is 1. The molecule has 0 aliphatic heterocycles. The van der Waals surface area contributed by atoms with Crippen molar-refractivity contribution in [2.75, 3.05) is 0 Å². The molecule has 2 aromatic carbocycles. The van der Waals surface area contributed by atoms with Gasteiger partial charge in [-0.15, -0.1) is 0 Å². The maximum atomic E-state index is 13.3. The first-order chi connectivity index (χ1) is 9.10. The van der Waals surface area contributed by atoms with E-state index < -0.39 is 0 Å². The summed E-state index contributed by atoms with van der Waals surface area (Å²) in [6.45, 7) is 3.90. The molecule has 1 unspecified atom stereocenters. The summed E-state index contributed by atoms with van der Waals surface area (Å²) in [4.78, 5) is 0. The van der Waals surface area contributed by atoms with Gasteiger partial charge in [-0.1, -0.05) is 19.1 Å². The van der Waals surface area contributed by atoms with Crippen LogP contribution in [0.1, 0.15) is 31.0 Å². The molecule has 0 saturated carbocycles. The van der Waals surface area contributed by atoms with Crippen LogP contribution in [0.3, 0.4) is 0 Å². The molecule has 0 spiro atoms. The Bertz CT molecular complexity index is 566. The topological polar surface area (TPSA) is 35.2 Å². The maximum Gasteiger partial charge on any atom is 0.132 e. The zero-order valence-corrected chi connectivity index (χ0v) is 11.2. The average molecular weight is 259 g/mol. The molecular formula is C16H18FNO. The van der Waals surface area contributed by atoms with Crippen molar-refractivity contribution >= 4 is 0 Å². The van der Waals surface area contributed by atoms with Gasteiger partial charge < -0.3 is 10.5 Å². The molecule has 0 aliphatic rings. The average Bonchev–Trinajstić information content (AvgIpc) is 2.41. The van der Waals surface area contributed by atoms with Gasteiger partial charge in [0.1, 0.15) is 17.3 Å². The van der Waals surface area contributed by atoms with Gasteiger partial charge >= 0.3 is 0 Å². The molecule has 2 aromatic rings. The fourth-order valence-electron chi connectivity index (χ4n) is 1.92. The first-order valence-electron chi connectivity index (χ1n) is 6.42. The minimum absolute atomic E-state index is 0.278. The highest BCUT2D eigenvalue weighted by atomic mass is 19.1. The van der Waals surface area contributed by atoms with Gasteiger partial charge in [-0.05, 0) is 49.2 Å². The molecule has 2 rings (SSSR count). The first-order valence-corrected chi connectivity index (χ1v) is 6.42. The predicted molar refractivity (Wildman–Crippen MR) is 74.9 cm³/mol. The Labute approximate surface area is 113 Å². The van der Waals surface area contributed by atoms with Crippen molar-refractivity contribution in [3.05, 3.63) is 59.4 Å². The number of rotatable bonds is 4. The molecule has 100 valence electrons. The van der Waals surface area contributed by atoms with E-state index in [4.69, 9.17) is 10.5 Å². The van der Waals surface area contributed by atoms with Crippen LogP contribution in [0.4, 0.5) is 4.39 Å². The van der Waals surface area contributed by atoms with Gasteiger partial charge in [-0.25, -0.2) is 4.39 Å². The lowest BCUT2D eigenvalue weighted by molar-refractivity contribution is 0.468. The highest BCUT2D eigenvalue weighted by molar-refractivity contribution is 5.40. The van der Waals surface area contributed by atoms with Crippen molar-refractivity contribution < 1.29 is 9.13 Å². The van der Waals surface area contributed by atoms with Crippen LogP contribution in [-0.2, 0) is 6.42 Å². The molecule has 0 amide bonds. The Balaban J connectivity index is 2.32. The summed E-state index contributed by atoms with van der Waals surface area (Å²) in [5.41, 5.74) is 7.71. The van der Waals surface area contributed by atoms with Crippen molar-refractivity contribution in [2.24, 2.45) is 5.73 Å². The Morgan fingerprint density at radius 1 is 1.21 bits per heavy atom. The minimum Gasteiger partial charge on any atom is -0.457 e. The molecule has 0 fully saturated rings. The summed E-state index contributed by atoms with van der Waals surface area (Å²) in [6.07, 6.45) is 0.945. The Kier molecular flexibility index (Phi) is 4.17.